The molecule has 0 aromatic heterocycles. The van der Waals surface area contributed by atoms with E-state index in [1.807, 2.05) is 0 Å². The molecule has 2 rings (SSSR count). The molecule has 0 radical (unpaired) electrons. The molecular weight excluding hydrogens is 252 g/mol. The van der Waals surface area contributed by atoms with Crippen LogP contribution in [0.15, 0.2) is 0 Å². The molecule has 0 spiro atoms. The minimum atomic E-state index is -0.467. The van der Waals surface area contributed by atoms with Gasteiger partial charge < -0.3 is 15.0 Å². The molecule has 116 valence electrons. The first-order chi connectivity index (χ1) is 9.62. The molecule has 1 saturated heterocycles. The maximum absolute atomic E-state index is 12.4. The Balaban J connectivity index is 2.06. The third-order valence-electron chi connectivity index (χ3n) is 4.86. The molecule has 4 heteroatoms. The van der Waals surface area contributed by atoms with Gasteiger partial charge in [0, 0.05) is 6.54 Å². The van der Waals surface area contributed by atoms with Gasteiger partial charge in [0.1, 0.15) is 5.54 Å². The fraction of sp³-hybridized carbons (Fsp3) is 0.938. The van der Waals surface area contributed by atoms with Crippen LogP contribution in [0.4, 0.5) is 0 Å². The van der Waals surface area contributed by atoms with E-state index in [0.717, 1.165) is 51.4 Å². The Kier molecular flexibility index (Phi) is 5.44. The zero-order chi connectivity index (χ0) is 14.6. The molecule has 0 bridgehead atoms. The highest BCUT2D eigenvalue weighted by atomic mass is 16.5. The monoisotopic (exact) mass is 282 g/mol. The lowest BCUT2D eigenvalue weighted by atomic mass is 9.90. The number of piperidine rings is 1. The summed E-state index contributed by atoms with van der Waals surface area (Å²) >= 11 is 0. The van der Waals surface area contributed by atoms with Gasteiger partial charge in [0.15, 0.2) is 0 Å². The zero-order valence-corrected chi connectivity index (χ0v) is 13.3. The number of ether oxygens (including phenoxy) is 1. The summed E-state index contributed by atoms with van der Waals surface area (Å²) in [6.45, 7) is 8.39. The molecule has 1 N–H and O–H groups in total. The molecule has 2 aliphatic rings. The van der Waals surface area contributed by atoms with E-state index in [2.05, 4.69) is 24.1 Å². The van der Waals surface area contributed by atoms with Crippen LogP contribution in [0.3, 0.4) is 0 Å². The molecular formula is C16H30N2O2. The van der Waals surface area contributed by atoms with Gasteiger partial charge in [-0.2, -0.15) is 0 Å². The molecule has 1 aliphatic heterocycles. The van der Waals surface area contributed by atoms with Crippen molar-refractivity contribution in [2.24, 2.45) is 11.8 Å². The van der Waals surface area contributed by atoms with Crippen molar-refractivity contribution >= 4 is 5.97 Å². The Morgan fingerprint density at radius 3 is 2.45 bits per heavy atom. The van der Waals surface area contributed by atoms with Crippen LogP contribution in [0, 0.1) is 11.8 Å². The third-order valence-corrected chi connectivity index (χ3v) is 4.86. The van der Waals surface area contributed by atoms with Crippen molar-refractivity contribution in [3.05, 3.63) is 0 Å². The van der Waals surface area contributed by atoms with E-state index >= 15 is 0 Å². The van der Waals surface area contributed by atoms with Gasteiger partial charge in [0.2, 0.25) is 0 Å². The number of hydrogen-bond donors (Lipinski definition) is 1. The average Bonchev–Trinajstić information content (AvgIpc) is 3.30. The van der Waals surface area contributed by atoms with Gasteiger partial charge in [-0.3, -0.25) is 0 Å². The SMILES string of the molecule is CCCNC(CN1CCC(C)CC1)(C(=O)OC)C1CC1. The summed E-state index contributed by atoms with van der Waals surface area (Å²) in [4.78, 5) is 14.9. The maximum Gasteiger partial charge on any atom is 0.327 e. The van der Waals surface area contributed by atoms with Gasteiger partial charge in [-0.1, -0.05) is 13.8 Å². The molecule has 1 unspecified atom stereocenters. The van der Waals surface area contributed by atoms with Crippen molar-refractivity contribution in [1.29, 1.82) is 0 Å². The number of carbonyl (C=O) groups is 1. The topological polar surface area (TPSA) is 41.6 Å². The second-order valence-electron chi connectivity index (χ2n) is 6.62. The standard InChI is InChI=1S/C16H30N2O2/c1-4-9-17-16(14-5-6-14,15(19)20-3)12-18-10-7-13(2)8-11-18/h13-14,17H,4-12H2,1-3H3. The molecule has 0 aromatic carbocycles. The lowest BCUT2D eigenvalue weighted by Crippen LogP contribution is -2.62. The molecule has 1 heterocycles. The van der Waals surface area contributed by atoms with E-state index in [9.17, 15) is 4.79 Å². The highest BCUT2D eigenvalue weighted by molar-refractivity contribution is 5.82. The van der Waals surface area contributed by atoms with Crippen molar-refractivity contribution in [1.82, 2.24) is 10.2 Å². The van der Waals surface area contributed by atoms with E-state index < -0.39 is 5.54 Å². The van der Waals surface area contributed by atoms with Crippen molar-refractivity contribution in [2.75, 3.05) is 33.3 Å². The van der Waals surface area contributed by atoms with Gasteiger partial charge in [-0.25, -0.2) is 4.79 Å². The van der Waals surface area contributed by atoms with Crippen LogP contribution in [-0.4, -0.2) is 49.7 Å². The third kappa shape index (κ3) is 3.53. The van der Waals surface area contributed by atoms with Crippen LogP contribution in [0.5, 0.6) is 0 Å². The highest BCUT2D eigenvalue weighted by Crippen LogP contribution is 2.41. The highest BCUT2D eigenvalue weighted by Gasteiger charge is 2.52. The second-order valence-corrected chi connectivity index (χ2v) is 6.62. The molecule has 2 fully saturated rings. The summed E-state index contributed by atoms with van der Waals surface area (Å²) in [5.74, 6) is 1.22. The number of nitrogens with one attached hydrogen (secondary N) is 1. The molecule has 0 amide bonds. The van der Waals surface area contributed by atoms with Gasteiger partial charge in [0.25, 0.3) is 0 Å². The predicted molar refractivity (Wildman–Crippen MR) is 80.6 cm³/mol. The summed E-state index contributed by atoms with van der Waals surface area (Å²) in [5, 5.41) is 3.54. The number of carbonyl (C=O) groups excluding carboxylic acids is 1. The van der Waals surface area contributed by atoms with E-state index in [1.54, 1.807) is 0 Å². The van der Waals surface area contributed by atoms with Crippen LogP contribution < -0.4 is 5.32 Å². The largest absolute Gasteiger partial charge is 0.468 e. The number of methoxy groups -OCH3 is 1. The van der Waals surface area contributed by atoms with Crippen LogP contribution in [0.1, 0.15) is 46.0 Å². The molecule has 20 heavy (non-hydrogen) atoms. The van der Waals surface area contributed by atoms with E-state index in [0.29, 0.717) is 5.92 Å². The van der Waals surface area contributed by atoms with E-state index in [1.165, 1.54) is 20.0 Å². The molecule has 1 atom stereocenters. The normalized spacial score (nSPS) is 24.4. The number of likely N-dealkylation sites (tertiary alicyclic amines) is 1. The first-order valence-electron chi connectivity index (χ1n) is 8.18. The van der Waals surface area contributed by atoms with Crippen LogP contribution in [0.25, 0.3) is 0 Å². The van der Waals surface area contributed by atoms with Crippen molar-refractivity contribution in [3.8, 4) is 0 Å². The summed E-state index contributed by atoms with van der Waals surface area (Å²) in [7, 11) is 1.52. The van der Waals surface area contributed by atoms with Crippen molar-refractivity contribution < 1.29 is 9.53 Å². The Morgan fingerprint density at radius 2 is 1.95 bits per heavy atom. The molecule has 1 saturated carbocycles. The minimum absolute atomic E-state index is 0.0629. The van der Waals surface area contributed by atoms with Gasteiger partial charge >= 0.3 is 5.97 Å². The number of esters is 1. The van der Waals surface area contributed by atoms with Crippen LogP contribution in [-0.2, 0) is 9.53 Å². The first-order valence-corrected chi connectivity index (χ1v) is 8.18. The van der Waals surface area contributed by atoms with Crippen LogP contribution >= 0.6 is 0 Å². The smallest absolute Gasteiger partial charge is 0.327 e. The fourth-order valence-corrected chi connectivity index (χ4v) is 3.31. The molecule has 0 aromatic rings. The van der Waals surface area contributed by atoms with Gasteiger partial charge in [-0.05, 0) is 63.6 Å². The molecule has 1 aliphatic carbocycles. The predicted octanol–water partition coefficient (Wildman–Crippen LogP) is 2.04. The Labute approximate surface area is 123 Å². The fourth-order valence-electron chi connectivity index (χ4n) is 3.31. The van der Waals surface area contributed by atoms with E-state index in [4.69, 9.17) is 4.74 Å². The zero-order valence-electron chi connectivity index (χ0n) is 13.3. The van der Waals surface area contributed by atoms with Gasteiger partial charge in [0.05, 0.1) is 7.11 Å². The number of hydrogen-bond acceptors (Lipinski definition) is 4. The Morgan fingerprint density at radius 1 is 1.30 bits per heavy atom. The number of nitrogens with zero attached hydrogens (tertiary/aromatic N) is 1. The van der Waals surface area contributed by atoms with Crippen molar-refractivity contribution in [3.63, 3.8) is 0 Å². The lowest BCUT2D eigenvalue weighted by molar-refractivity contribution is -0.151. The summed E-state index contributed by atoms with van der Waals surface area (Å²) in [5.41, 5.74) is -0.467. The summed E-state index contributed by atoms with van der Waals surface area (Å²) in [6.07, 6.45) is 5.83. The van der Waals surface area contributed by atoms with Crippen molar-refractivity contribution in [2.45, 2.75) is 51.5 Å². The minimum Gasteiger partial charge on any atom is -0.468 e. The van der Waals surface area contributed by atoms with Gasteiger partial charge in [-0.15, -0.1) is 0 Å². The number of rotatable bonds is 7. The lowest BCUT2D eigenvalue weighted by Gasteiger charge is -2.39. The van der Waals surface area contributed by atoms with Crippen LogP contribution in [0.2, 0.25) is 0 Å². The van der Waals surface area contributed by atoms with E-state index in [-0.39, 0.29) is 5.97 Å². The summed E-state index contributed by atoms with van der Waals surface area (Å²) in [6, 6.07) is 0. The maximum atomic E-state index is 12.4. The molecule has 4 nitrogen and oxygen atoms in total. The summed E-state index contributed by atoms with van der Waals surface area (Å²) < 4.78 is 5.15. The quantitative estimate of drug-likeness (QED) is 0.726. The second kappa shape index (κ2) is 6.90. The Bertz CT molecular complexity index is 322. The average molecular weight is 282 g/mol. The first kappa shape index (κ1) is 15.8. The Hall–Kier alpha value is -0.610.